The van der Waals surface area contributed by atoms with Gasteiger partial charge in [-0.1, -0.05) is 0 Å². The van der Waals surface area contributed by atoms with Crippen molar-refractivity contribution in [1.82, 2.24) is 0 Å². The monoisotopic (exact) mass is 357 g/mol. The van der Waals surface area contributed by atoms with Gasteiger partial charge in [-0.2, -0.15) is 0 Å². The fourth-order valence-corrected chi connectivity index (χ4v) is 4.03. The number of ether oxygens (including phenoxy) is 3. The Balaban J connectivity index is 2.17. The summed E-state index contributed by atoms with van der Waals surface area (Å²) in [6, 6.07) is 4.92. The molecule has 1 amide bonds. The maximum Gasteiger partial charge on any atom is 0.245 e. The van der Waals surface area contributed by atoms with Crippen molar-refractivity contribution in [2.75, 3.05) is 39.0 Å². The number of hydrogen-bond acceptors (Lipinski definition) is 6. The molecule has 0 aliphatic heterocycles. The highest BCUT2D eigenvalue weighted by Crippen LogP contribution is 2.40. The highest BCUT2D eigenvalue weighted by atomic mass is 32.2. The lowest BCUT2D eigenvalue weighted by atomic mass is 9.83. The summed E-state index contributed by atoms with van der Waals surface area (Å²) < 4.78 is 38.4. The van der Waals surface area contributed by atoms with Crippen molar-refractivity contribution in [1.29, 1.82) is 0 Å². The van der Waals surface area contributed by atoms with Gasteiger partial charge in [0.1, 0.15) is 6.61 Å². The number of anilines is 1. The van der Waals surface area contributed by atoms with E-state index < -0.39 is 20.5 Å². The molecule has 0 saturated heterocycles. The second kappa shape index (κ2) is 7.40. The summed E-state index contributed by atoms with van der Waals surface area (Å²) in [5.41, 5.74) is 0.461. The predicted octanol–water partition coefficient (Wildman–Crippen LogP) is 1.63. The van der Waals surface area contributed by atoms with E-state index in [4.69, 9.17) is 14.2 Å². The summed E-state index contributed by atoms with van der Waals surface area (Å²) in [5.74, 6) is 0.476. The van der Waals surface area contributed by atoms with Crippen LogP contribution in [0.5, 0.6) is 11.5 Å². The molecule has 0 atom stereocenters. The number of nitrogens with one attached hydrogen (secondary N) is 1. The number of rotatable bonds is 8. The first-order valence-corrected chi connectivity index (χ1v) is 9.54. The van der Waals surface area contributed by atoms with Crippen LogP contribution in [0.3, 0.4) is 0 Å². The van der Waals surface area contributed by atoms with Crippen molar-refractivity contribution >= 4 is 21.4 Å². The van der Waals surface area contributed by atoms with E-state index in [0.29, 0.717) is 43.2 Å². The number of sulfone groups is 1. The molecular formula is C16H23NO6S. The highest BCUT2D eigenvalue weighted by molar-refractivity contribution is 7.93. The largest absolute Gasteiger partial charge is 0.493 e. The fourth-order valence-electron chi connectivity index (χ4n) is 2.61. The molecule has 0 bridgehead atoms. The summed E-state index contributed by atoms with van der Waals surface area (Å²) in [5, 5.41) is 2.69. The number of carbonyl (C=O) groups is 1. The number of benzene rings is 1. The minimum Gasteiger partial charge on any atom is -0.493 e. The van der Waals surface area contributed by atoms with Crippen LogP contribution >= 0.6 is 0 Å². The van der Waals surface area contributed by atoms with E-state index >= 15 is 0 Å². The average molecular weight is 357 g/mol. The van der Waals surface area contributed by atoms with Crippen LogP contribution in [-0.4, -0.2) is 52.8 Å². The van der Waals surface area contributed by atoms with Crippen LogP contribution in [-0.2, 0) is 19.4 Å². The van der Waals surface area contributed by atoms with Gasteiger partial charge in [0.25, 0.3) is 0 Å². The van der Waals surface area contributed by atoms with Crippen LogP contribution < -0.4 is 14.8 Å². The summed E-state index contributed by atoms with van der Waals surface area (Å²) in [4.78, 5) is 12.5. The van der Waals surface area contributed by atoms with E-state index in [1.54, 1.807) is 25.3 Å². The van der Waals surface area contributed by atoms with E-state index in [0.717, 1.165) is 12.7 Å². The van der Waals surface area contributed by atoms with Gasteiger partial charge in [-0.3, -0.25) is 4.79 Å². The zero-order valence-corrected chi connectivity index (χ0v) is 14.9. The molecule has 2 rings (SSSR count). The molecule has 7 nitrogen and oxygen atoms in total. The van der Waals surface area contributed by atoms with Gasteiger partial charge in [0, 0.05) is 25.1 Å². The second-order valence-corrected chi connectivity index (χ2v) is 8.11. The molecule has 1 N–H and O–H groups in total. The molecule has 1 aliphatic carbocycles. The molecule has 1 aliphatic rings. The van der Waals surface area contributed by atoms with Crippen molar-refractivity contribution in [2.45, 2.75) is 24.0 Å². The SMILES string of the molecule is COCCOc1cc(NC(=O)C2(S(C)(=O)=O)CCC2)ccc1OC. The molecule has 1 saturated carbocycles. The Morgan fingerprint density at radius 1 is 1.21 bits per heavy atom. The molecule has 24 heavy (non-hydrogen) atoms. The predicted molar refractivity (Wildman–Crippen MR) is 90.4 cm³/mol. The van der Waals surface area contributed by atoms with E-state index in [2.05, 4.69) is 5.32 Å². The van der Waals surface area contributed by atoms with Gasteiger partial charge in [-0.15, -0.1) is 0 Å². The first kappa shape index (κ1) is 18.5. The summed E-state index contributed by atoms with van der Waals surface area (Å²) >= 11 is 0. The zero-order valence-electron chi connectivity index (χ0n) is 14.1. The zero-order chi connectivity index (χ0) is 17.8. The van der Waals surface area contributed by atoms with Crippen molar-refractivity contribution in [2.24, 2.45) is 0 Å². The minimum absolute atomic E-state index is 0.331. The van der Waals surface area contributed by atoms with Crippen molar-refractivity contribution < 1.29 is 27.4 Å². The van der Waals surface area contributed by atoms with Crippen LogP contribution in [0.1, 0.15) is 19.3 Å². The average Bonchev–Trinajstić information content (AvgIpc) is 2.45. The van der Waals surface area contributed by atoms with E-state index in [9.17, 15) is 13.2 Å². The smallest absolute Gasteiger partial charge is 0.245 e. The fraction of sp³-hybridized carbons (Fsp3) is 0.562. The standard InChI is InChI=1S/C16H23NO6S/c1-21-9-10-23-14-11-12(5-6-13(14)22-2)17-15(18)16(7-4-8-16)24(3,19)20/h5-6,11H,4,7-10H2,1-3H3,(H,17,18). The molecule has 134 valence electrons. The first-order chi connectivity index (χ1) is 11.3. The van der Waals surface area contributed by atoms with Gasteiger partial charge in [0.2, 0.25) is 5.91 Å². The van der Waals surface area contributed by atoms with Crippen molar-refractivity contribution in [3.63, 3.8) is 0 Å². The molecule has 1 fully saturated rings. The molecule has 0 unspecified atom stereocenters. The van der Waals surface area contributed by atoms with Crippen LogP contribution in [0.2, 0.25) is 0 Å². The number of amides is 1. The topological polar surface area (TPSA) is 90.9 Å². The lowest BCUT2D eigenvalue weighted by Crippen LogP contribution is -2.54. The summed E-state index contributed by atoms with van der Waals surface area (Å²) in [7, 11) is -0.385. The Bertz CT molecular complexity index is 697. The molecule has 1 aromatic carbocycles. The Labute approximate surface area is 142 Å². The third-order valence-electron chi connectivity index (χ3n) is 4.25. The van der Waals surface area contributed by atoms with Gasteiger partial charge >= 0.3 is 0 Å². The van der Waals surface area contributed by atoms with Gasteiger partial charge in [0.15, 0.2) is 26.1 Å². The van der Waals surface area contributed by atoms with Crippen molar-refractivity contribution in [3.05, 3.63) is 18.2 Å². The van der Waals surface area contributed by atoms with Gasteiger partial charge in [0.05, 0.1) is 13.7 Å². The van der Waals surface area contributed by atoms with Crippen LogP contribution in [0.25, 0.3) is 0 Å². The van der Waals surface area contributed by atoms with E-state index in [-0.39, 0.29) is 0 Å². The Kier molecular flexibility index (Phi) is 5.71. The normalized spacial score (nSPS) is 16.1. The van der Waals surface area contributed by atoms with E-state index in [1.165, 1.54) is 7.11 Å². The van der Waals surface area contributed by atoms with Crippen LogP contribution in [0.4, 0.5) is 5.69 Å². The Morgan fingerprint density at radius 2 is 1.92 bits per heavy atom. The Morgan fingerprint density at radius 3 is 2.42 bits per heavy atom. The van der Waals surface area contributed by atoms with Gasteiger partial charge in [-0.05, 0) is 31.4 Å². The van der Waals surface area contributed by atoms with Gasteiger partial charge in [-0.25, -0.2) is 8.42 Å². The minimum atomic E-state index is -3.47. The first-order valence-electron chi connectivity index (χ1n) is 7.65. The molecule has 1 aromatic rings. The quantitative estimate of drug-likeness (QED) is 0.711. The second-order valence-electron chi connectivity index (χ2n) is 5.78. The number of methoxy groups -OCH3 is 2. The van der Waals surface area contributed by atoms with Crippen molar-refractivity contribution in [3.8, 4) is 11.5 Å². The van der Waals surface area contributed by atoms with Crippen LogP contribution in [0, 0.1) is 0 Å². The number of hydrogen-bond donors (Lipinski definition) is 1. The molecule has 0 aromatic heterocycles. The maximum absolute atomic E-state index is 12.5. The highest BCUT2D eigenvalue weighted by Gasteiger charge is 2.52. The third-order valence-corrected chi connectivity index (χ3v) is 6.26. The van der Waals surface area contributed by atoms with Crippen LogP contribution in [0.15, 0.2) is 18.2 Å². The molecule has 0 spiro atoms. The summed E-state index contributed by atoms with van der Waals surface area (Å²) in [6.07, 6.45) is 2.55. The molecule has 0 heterocycles. The molecular weight excluding hydrogens is 334 g/mol. The number of carbonyl (C=O) groups excluding carboxylic acids is 1. The lowest BCUT2D eigenvalue weighted by molar-refractivity contribution is -0.120. The van der Waals surface area contributed by atoms with Gasteiger partial charge < -0.3 is 19.5 Å². The molecule has 0 radical (unpaired) electrons. The third kappa shape index (κ3) is 3.64. The molecule has 8 heteroatoms. The summed E-state index contributed by atoms with van der Waals surface area (Å²) in [6.45, 7) is 0.745. The Hall–Kier alpha value is -1.80. The lowest BCUT2D eigenvalue weighted by Gasteiger charge is -2.38. The van der Waals surface area contributed by atoms with E-state index in [1.807, 2.05) is 0 Å². The maximum atomic E-state index is 12.5.